The normalized spacial score (nSPS) is 18.6. The second-order valence-electron chi connectivity index (χ2n) is 8.78. The summed E-state index contributed by atoms with van der Waals surface area (Å²) in [7, 11) is 0. The van der Waals surface area contributed by atoms with Crippen molar-refractivity contribution in [1.29, 1.82) is 0 Å². The number of nitrogens with one attached hydrogen (secondary N) is 1. The van der Waals surface area contributed by atoms with Crippen LogP contribution < -0.4 is 10.5 Å². The maximum Gasteiger partial charge on any atom is 0.255 e. The lowest BCUT2D eigenvalue weighted by Gasteiger charge is -2.31. The largest absolute Gasteiger partial charge is 0.378 e. The Labute approximate surface area is 185 Å². The second kappa shape index (κ2) is 7.70. The molecule has 2 aliphatic heterocycles. The number of carbonyl (C=O) groups is 1. The SMILES string of the molecule is O=C(c1cc(C2CC2)nc2ccccc12)N1CCc2c(nc(N3CCOCC3)[nH]c2=O)C1. The van der Waals surface area contributed by atoms with E-state index in [0.29, 0.717) is 74.5 Å². The van der Waals surface area contributed by atoms with E-state index in [0.717, 1.165) is 29.4 Å². The fourth-order valence-electron chi connectivity index (χ4n) is 4.66. The van der Waals surface area contributed by atoms with Gasteiger partial charge in [-0.3, -0.25) is 19.6 Å². The number of anilines is 1. The summed E-state index contributed by atoms with van der Waals surface area (Å²) in [5.41, 5.74) is 3.84. The number of aromatic amines is 1. The van der Waals surface area contributed by atoms with E-state index in [4.69, 9.17) is 14.7 Å². The number of aromatic nitrogens is 3. The van der Waals surface area contributed by atoms with Crippen LogP contribution >= 0.6 is 0 Å². The average molecular weight is 431 g/mol. The first-order valence-corrected chi connectivity index (χ1v) is 11.3. The Bertz CT molecular complexity index is 1260. The molecule has 6 rings (SSSR count). The third-order valence-electron chi connectivity index (χ3n) is 6.62. The molecule has 164 valence electrons. The number of benzene rings is 1. The van der Waals surface area contributed by atoms with Crippen molar-refractivity contribution in [3.63, 3.8) is 0 Å². The number of para-hydroxylation sites is 1. The summed E-state index contributed by atoms with van der Waals surface area (Å²) < 4.78 is 5.41. The highest BCUT2D eigenvalue weighted by Crippen LogP contribution is 2.40. The molecule has 0 bridgehead atoms. The summed E-state index contributed by atoms with van der Waals surface area (Å²) >= 11 is 0. The molecule has 32 heavy (non-hydrogen) atoms. The van der Waals surface area contributed by atoms with Crippen LogP contribution in [-0.4, -0.2) is 58.6 Å². The van der Waals surface area contributed by atoms with Crippen LogP contribution in [0.4, 0.5) is 5.95 Å². The van der Waals surface area contributed by atoms with Crippen LogP contribution in [0.25, 0.3) is 10.9 Å². The zero-order chi connectivity index (χ0) is 21.7. The van der Waals surface area contributed by atoms with Gasteiger partial charge in [0, 0.05) is 42.2 Å². The molecule has 0 radical (unpaired) electrons. The van der Waals surface area contributed by atoms with Gasteiger partial charge in [-0.05, 0) is 31.4 Å². The van der Waals surface area contributed by atoms with Gasteiger partial charge in [0.15, 0.2) is 0 Å². The molecular formula is C24H25N5O3. The Morgan fingerprint density at radius 1 is 1.09 bits per heavy atom. The first kappa shape index (κ1) is 19.4. The van der Waals surface area contributed by atoms with Crippen LogP contribution in [0, 0.1) is 0 Å². The highest BCUT2D eigenvalue weighted by Gasteiger charge is 2.30. The molecular weight excluding hydrogens is 406 g/mol. The van der Waals surface area contributed by atoms with Crippen LogP contribution in [0.1, 0.15) is 46.1 Å². The summed E-state index contributed by atoms with van der Waals surface area (Å²) in [5, 5.41) is 0.876. The minimum Gasteiger partial charge on any atom is -0.378 e. The van der Waals surface area contributed by atoms with E-state index in [1.807, 2.05) is 40.1 Å². The standard InChI is InChI=1S/C24H25N5O3/c30-22-17-7-8-29(14-21(17)26-24(27-22)28-9-11-32-12-10-28)23(31)18-13-20(15-5-6-15)25-19-4-2-1-3-16(18)19/h1-4,13,15H,5-12,14H2,(H,26,27,30). The third kappa shape index (κ3) is 3.44. The zero-order valence-electron chi connectivity index (χ0n) is 17.8. The van der Waals surface area contributed by atoms with Crippen molar-refractivity contribution in [1.82, 2.24) is 19.9 Å². The minimum absolute atomic E-state index is 0.0221. The smallest absolute Gasteiger partial charge is 0.255 e. The van der Waals surface area contributed by atoms with Gasteiger partial charge >= 0.3 is 0 Å². The van der Waals surface area contributed by atoms with E-state index >= 15 is 0 Å². The van der Waals surface area contributed by atoms with Crippen molar-refractivity contribution in [2.75, 3.05) is 37.7 Å². The molecule has 1 saturated heterocycles. The monoisotopic (exact) mass is 431 g/mol. The number of fused-ring (bicyclic) bond motifs is 2. The quantitative estimate of drug-likeness (QED) is 0.684. The number of rotatable bonds is 3. The minimum atomic E-state index is -0.103. The molecule has 1 amide bonds. The van der Waals surface area contributed by atoms with Gasteiger partial charge in [-0.15, -0.1) is 0 Å². The van der Waals surface area contributed by atoms with E-state index in [-0.39, 0.29) is 11.5 Å². The van der Waals surface area contributed by atoms with Gasteiger partial charge in [-0.25, -0.2) is 4.98 Å². The first-order chi connectivity index (χ1) is 15.7. The molecule has 1 aromatic carbocycles. The lowest BCUT2D eigenvalue weighted by atomic mass is 10.0. The highest BCUT2D eigenvalue weighted by molar-refractivity contribution is 6.06. The number of carbonyl (C=O) groups excluding carboxylic acids is 1. The van der Waals surface area contributed by atoms with Gasteiger partial charge in [0.1, 0.15) is 0 Å². The number of hydrogen-bond acceptors (Lipinski definition) is 6. The van der Waals surface area contributed by atoms with Crippen LogP contribution in [0.3, 0.4) is 0 Å². The van der Waals surface area contributed by atoms with Crippen LogP contribution in [-0.2, 0) is 17.7 Å². The summed E-state index contributed by atoms with van der Waals surface area (Å²) in [6.45, 7) is 3.45. The van der Waals surface area contributed by atoms with Crippen molar-refractivity contribution < 1.29 is 9.53 Å². The number of nitrogens with zero attached hydrogens (tertiary/aromatic N) is 4. The molecule has 1 N–H and O–H groups in total. The van der Waals surface area contributed by atoms with Crippen molar-refractivity contribution in [2.24, 2.45) is 0 Å². The number of morpholine rings is 1. The molecule has 3 aromatic rings. The molecule has 0 unspecified atom stereocenters. The molecule has 8 heteroatoms. The molecule has 4 heterocycles. The lowest BCUT2D eigenvalue weighted by molar-refractivity contribution is 0.0733. The molecule has 0 spiro atoms. The summed E-state index contributed by atoms with van der Waals surface area (Å²) in [6, 6.07) is 9.81. The number of hydrogen-bond donors (Lipinski definition) is 1. The molecule has 8 nitrogen and oxygen atoms in total. The maximum atomic E-state index is 13.6. The number of pyridine rings is 1. The van der Waals surface area contributed by atoms with Crippen molar-refractivity contribution in [3.05, 3.63) is 63.2 Å². The molecule has 1 aliphatic carbocycles. The molecule has 2 fully saturated rings. The van der Waals surface area contributed by atoms with Gasteiger partial charge in [0.2, 0.25) is 5.95 Å². The third-order valence-corrected chi connectivity index (χ3v) is 6.62. The first-order valence-electron chi connectivity index (χ1n) is 11.3. The second-order valence-corrected chi connectivity index (χ2v) is 8.78. The van der Waals surface area contributed by atoms with Gasteiger partial charge in [0.05, 0.1) is 36.5 Å². The van der Waals surface area contributed by atoms with Gasteiger partial charge in [-0.1, -0.05) is 18.2 Å². The maximum absolute atomic E-state index is 13.6. The van der Waals surface area contributed by atoms with Gasteiger partial charge in [0.25, 0.3) is 11.5 Å². The Hall–Kier alpha value is -3.26. The van der Waals surface area contributed by atoms with Gasteiger partial charge < -0.3 is 14.5 Å². The Balaban J connectivity index is 1.34. The molecule has 3 aliphatic rings. The fourth-order valence-corrected chi connectivity index (χ4v) is 4.66. The Kier molecular flexibility index (Phi) is 4.68. The molecule has 0 atom stereocenters. The summed E-state index contributed by atoms with van der Waals surface area (Å²) in [4.78, 5) is 42.7. The zero-order valence-corrected chi connectivity index (χ0v) is 17.8. The van der Waals surface area contributed by atoms with Crippen LogP contribution in [0.15, 0.2) is 35.1 Å². The van der Waals surface area contributed by atoms with Crippen molar-refractivity contribution in [3.8, 4) is 0 Å². The average Bonchev–Trinajstić information content (AvgIpc) is 3.69. The van der Waals surface area contributed by atoms with E-state index < -0.39 is 0 Å². The molecule has 1 saturated carbocycles. The summed E-state index contributed by atoms with van der Waals surface area (Å²) in [6.07, 6.45) is 2.77. The van der Waals surface area contributed by atoms with Crippen LogP contribution in [0.2, 0.25) is 0 Å². The van der Waals surface area contributed by atoms with E-state index in [9.17, 15) is 9.59 Å². The predicted octanol–water partition coefficient (Wildman–Crippen LogP) is 2.23. The number of amides is 1. The number of ether oxygens (including phenoxy) is 1. The fraction of sp³-hybridized carbons (Fsp3) is 0.417. The topological polar surface area (TPSA) is 91.4 Å². The van der Waals surface area contributed by atoms with E-state index in [2.05, 4.69) is 4.98 Å². The Morgan fingerprint density at radius 2 is 1.91 bits per heavy atom. The van der Waals surface area contributed by atoms with E-state index in [1.54, 1.807) is 0 Å². The number of H-pyrrole nitrogens is 1. The molecule has 2 aromatic heterocycles. The van der Waals surface area contributed by atoms with Crippen molar-refractivity contribution in [2.45, 2.75) is 31.7 Å². The van der Waals surface area contributed by atoms with Crippen LogP contribution in [0.5, 0.6) is 0 Å². The summed E-state index contributed by atoms with van der Waals surface area (Å²) in [5.74, 6) is 1.01. The predicted molar refractivity (Wildman–Crippen MR) is 120 cm³/mol. The van der Waals surface area contributed by atoms with Crippen molar-refractivity contribution >= 4 is 22.8 Å². The Morgan fingerprint density at radius 3 is 2.72 bits per heavy atom. The van der Waals surface area contributed by atoms with Gasteiger partial charge in [-0.2, -0.15) is 0 Å². The highest BCUT2D eigenvalue weighted by atomic mass is 16.5. The van der Waals surface area contributed by atoms with E-state index in [1.165, 1.54) is 0 Å². The lowest BCUT2D eigenvalue weighted by Crippen LogP contribution is -2.42.